The van der Waals surface area contributed by atoms with E-state index in [0.717, 1.165) is 34.3 Å². The number of ether oxygens (including phenoxy) is 1. The second kappa shape index (κ2) is 7.77. The van der Waals surface area contributed by atoms with Crippen molar-refractivity contribution in [1.82, 2.24) is 15.3 Å². The summed E-state index contributed by atoms with van der Waals surface area (Å²) in [6.45, 7) is 0.599. The van der Waals surface area contributed by atoms with Gasteiger partial charge < -0.3 is 15.0 Å². The predicted octanol–water partition coefficient (Wildman–Crippen LogP) is 4.65. The summed E-state index contributed by atoms with van der Waals surface area (Å²) in [5.41, 5.74) is 4.73. The quantitative estimate of drug-likeness (QED) is 0.351. The maximum Gasteiger partial charge on any atom is 0.491 e. The Morgan fingerprint density at radius 2 is 1.76 bits per heavy atom. The molecule has 2 aromatic heterocycles. The van der Waals surface area contributed by atoms with Crippen LogP contribution in [0.15, 0.2) is 60.8 Å². The lowest BCUT2D eigenvalue weighted by molar-refractivity contribution is -0.189. The fraction of sp³-hybridized carbons (Fsp3) is 0.125. The number of pyridine rings is 1. The summed E-state index contributed by atoms with van der Waals surface area (Å²) in [7, 11) is 0. The molecule has 0 aliphatic carbocycles. The van der Waals surface area contributed by atoms with Crippen molar-refractivity contribution in [2.24, 2.45) is 0 Å². The first-order valence-electron chi connectivity index (χ1n) is 10.1. The third-order valence-electron chi connectivity index (χ3n) is 5.42. The van der Waals surface area contributed by atoms with Gasteiger partial charge in [0.25, 0.3) is 5.91 Å². The Kier molecular flexibility index (Phi) is 4.88. The molecule has 1 aliphatic rings. The zero-order valence-corrected chi connectivity index (χ0v) is 17.0. The number of benzene rings is 2. The summed E-state index contributed by atoms with van der Waals surface area (Å²) in [4.78, 5) is 30.9. The summed E-state index contributed by atoms with van der Waals surface area (Å²) in [5.74, 6) is -2.54. The van der Waals surface area contributed by atoms with E-state index < -0.39 is 12.1 Å². The van der Waals surface area contributed by atoms with Gasteiger partial charge in [0, 0.05) is 41.7 Å². The molecule has 1 amide bonds. The van der Waals surface area contributed by atoms with Gasteiger partial charge >= 0.3 is 12.1 Å². The summed E-state index contributed by atoms with van der Waals surface area (Å²) in [5, 5.41) is 4.19. The first-order valence-corrected chi connectivity index (χ1v) is 10.1. The lowest BCUT2D eigenvalue weighted by Crippen LogP contribution is -2.31. The Bertz CT molecular complexity index is 1410. The maximum atomic E-state index is 12.4. The number of carbonyl (C=O) groups is 2. The van der Waals surface area contributed by atoms with Gasteiger partial charge in [0.1, 0.15) is 5.75 Å². The second-order valence-electron chi connectivity index (χ2n) is 7.62. The van der Waals surface area contributed by atoms with Gasteiger partial charge in [0.2, 0.25) is 0 Å². The molecule has 1 aliphatic heterocycles. The average molecular weight is 451 g/mol. The van der Waals surface area contributed by atoms with Crippen LogP contribution in [-0.4, -0.2) is 34.6 Å². The number of aromatic nitrogens is 2. The van der Waals surface area contributed by atoms with Crippen LogP contribution in [0.2, 0.25) is 0 Å². The SMILES string of the molecule is O=C1NCCc2[nH]c(-c3ccnc(-c4ccc5cc(OC(=O)C(F)(F)F)ccc5c4)c3)cc21. The van der Waals surface area contributed by atoms with Crippen LogP contribution in [0.3, 0.4) is 0 Å². The molecule has 5 rings (SSSR count). The van der Waals surface area contributed by atoms with E-state index in [1.807, 2.05) is 24.3 Å². The number of nitrogens with one attached hydrogen (secondary N) is 2. The van der Waals surface area contributed by atoms with Crippen molar-refractivity contribution >= 4 is 22.6 Å². The number of aromatic amines is 1. The van der Waals surface area contributed by atoms with Crippen LogP contribution in [0.25, 0.3) is 33.3 Å². The Balaban J connectivity index is 1.44. The highest BCUT2D eigenvalue weighted by Crippen LogP contribution is 2.30. The Hall–Kier alpha value is -4.14. The third-order valence-corrected chi connectivity index (χ3v) is 5.42. The highest BCUT2D eigenvalue weighted by atomic mass is 19.4. The number of alkyl halides is 3. The van der Waals surface area contributed by atoms with Gasteiger partial charge in [0.15, 0.2) is 0 Å². The van der Waals surface area contributed by atoms with Crippen molar-refractivity contribution in [2.45, 2.75) is 12.6 Å². The number of halogens is 3. The van der Waals surface area contributed by atoms with Crippen LogP contribution in [-0.2, 0) is 11.2 Å². The van der Waals surface area contributed by atoms with Crippen LogP contribution >= 0.6 is 0 Å². The minimum atomic E-state index is -5.06. The predicted molar refractivity (Wildman–Crippen MR) is 115 cm³/mol. The molecule has 0 spiro atoms. The molecule has 0 radical (unpaired) electrons. The molecule has 0 fully saturated rings. The van der Waals surface area contributed by atoms with Crippen molar-refractivity contribution in [2.75, 3.05) is 6.54 Å². The number of fused-ring (bicyclic) bond motifs is 2. The van der Waals surface area contributed by atoms with Crippen molar-refractivity contribution in [3.05, 3.63) is 72.1 Å². The van der Waals surface area contributed by atoms with Crippen molar-refractivity contribution in [3.63, 3.8) is 0 Å². The highest BCUT2D eigenvalue weighted by Gasteiger charge is 2.41. The molecule has 0 saturated carbocycles. The largest absolute Gasteiger partial charge is 0.491 e. The summed E-state index contributed by atoms with van der Waals surface area (Å²) >= 11 is 0. The number of H-pyrrole nitrogens is 1. The monoisotopic (exact) mass is 451 g/mol. The molecule has 33 heavy (non-hydrogen) atoms. The van der Waals surface area contributed by atoms with Crippen LogP contribution in [0.4, 0.5) is 13.2 Å². The lowest BCUT2D eigenvalue weighted by Gasteiger charge is -2.11. The number of nitrogens with zero attached hydrogens (tertiary/aromatic N) is 1. The van der Waals surface area contributed by atoms with Crippen LogP contribution in [0.5, 0.6) is 5.75 Å². The van der Waals surface area contributed by atoms with Gasteiger partial charge in [0.05, 0.1) is 11.3 Å². The summed E-state index contributed by atoms with van der Waals surface area (Å²) in [6, 6.07) is 15.2. The van der Waals surface area contributed by atoms with Crippen LogP contribution in [0.1, 0.15) is 16.1 Å². The van der Waals surface area contributed by atoms with Crippen molar-refractivity contribution in [1.29, 1.82) is 0 Å². The van der Waals surface area contributed by atoms with Crippen LogP contribution in [0, 0.1) is 0 Å². The maximum absolute atomic E-state index is 12.4. The fourth-order valence-electron chi connectivity index (χ4n) is 3.82. The minimum Gasteiger partial charge on any atom is -0.420 e. The standard InChI is InChI=1S/C24H16F3N3O3/c25-24(26,27)23(32)33-17-4-3-13-9-15(2-1-14(13)10-17)20-11-16(5-7-28-20)21-12-18-19(30-21)6-8-29-22(18)31/h1-5,7,9-12,30H,6,8H2,(H,29,31). The molecule has 3 heterocycles. The number of hydrogen-bond donors (Lipinski definition) is 2. The van der Waals surface area contributed by atoms with Gasteiger partial charge in [-0.1, -0.05) is 18.2 Å². The van der Waals surface area contributed by atoms with E-state index in [1.165, 1.54) is 12.1 Å². The van der Waals surface area contributed by atoms with E-state index in [4.69, 9.17) is 0 Å². The van der Waals surface area contributed by atoms with E-state index in [2.05, 4.69) is 20.0 Å². The summed E-state index contributed by atoms with van der Waals surface area (Å²) in [6.07, 6.45) is -2.64. The number of rotatable bonds is 3. The first kappa shape index (κ1) is 20.7. The number of esters is 1. The number of hydrogen-bond acceptors (Lipinski definition) is 4. The fourth-order valence-corrected chi connectivity index (χ4v) is 3.82. The third kappa shape index (κ3) is 4.05. The normalized spacial score (nSPS) is 13.5. The topological polar surface area (TPSA) is 84.1 Å². The average Bonchev–Trinajstić information content (AvgIpc) is 3.24. The van der Waals surface area contributed by atoms with E-state index in [1.54, 1.807) is 24.4 Å². The van der Waals surface area contributed by atoms with Crippen molar-refractivity contribution < 1.29 is 27.5 Å². The van der Waals surface area contributed by atoms with Gasteiger partial charge in [-0.3, -0.25) is 9.78 Å². The lowest BCUT2D eigenvalue weighted by atomic mass is 10.0. The highest BCUT2D eigenvalue weighted by molar-refractivity contribution is 5.98. The molecule has 0 saturated heterocycles. The molecule has 0 unspecified atom stereocenters. The zero-order chi connectivity index (χ0) is 23.2. The molecule has 0 atom stereocenters. The van der Waals surface area contributed by atoms with E-state index >= 15 is 0 Å². The Morgan fingerprint density at radius 3 is 2.55 bits per heavy atom. The van der Waals surface area contributed by atoms with Crippen molar-refractivity contribution in [3.8, 4) is 28.3 Å². The second-order valence-corrected chi connectivity index (χ2v) is 7.62. The summed E-state index contributed by atoms with van der Waals surface area (Å²) < 4.78 is 41.7. The van der Waals surface area contributed by atoms with Gasteiger partial charge in [-0.05, 0) is 47.2 Å². The Labute approximate surface area is 185 Å². The molecule has 2 aromatic carbocycles. The molecule has 0 bridgehead atoms. The van der Waals surface area contributed by atoms with E-state index in [-0.39, 0.29) is 11.7 Å². The molecular weight excluding hydrogens is 435 g/mol. The first-order chi connectivity index (χ1) is 15.8. The number of amides is 1. The van der Waals surface area contributed by atoms with Crippen LogP contribution < -0.4 is 10.1 Å². The Morgan fingerprint density at radius 1 is 0.970 bits per heavy atom. The molecule has 6 nitrogen and oxygen atoms in total. The van der Waals surface area contributed by atoms with E-state index in [0.29, 0.717) is 23.2 Å². The zero-order valence-electron chi connectivity index (χ0n) is 17.0. The molecule has 9 heteroatoms. The van der Waals surface area contributed by atoms with Gasteiger partial charge in [-0.2, -0.15) is 13.2 Å². The van der Waals surface area contributed by atoms with E-state index in [9.17, 15) is 22.8 Å². The molecule has 2 N–H and O–H groups in total. The number of carbonyl (C=O) groups excluding carboxylic acids is 2. The van der Waals surface area contributed by atoms with Gasteiger partial charge in [-0.25, -0.2) is 4.79 Å². The molecule has 166 valence electrons. The van der Waals surface area contributed by atoms with Gasteiger partial charge in [-0.15, -0.1) is 0 Å². The molecular formula is C24H16F3N3O3. The molecule has 4 aromatic rings. The smallest absolute Gasteiger partial charge is 0.420 e. The minimum absolute atomic E-state index is 0.0946.